The fraction of sp³-hybridized carbons (Fsp3) is 0.136. The standard InChI is InChI=1S/C22H15ClFN5O/c1-12-6-20-14(8-16(12)24)4-5-29(20)22-15-7-13(2-3-17(15)26-11-27-22)18-9-25-10-19(28-18)21(23)30/h2-3,6-11H,4-5H2,1H3. The molecule has 8 heteroatoms. The van der Waals surface area contributed by atoms with Crippen LogP contribution in [0.4, 0.5) is 15.9 Å². The van der Waals surface area contributed by atoms with Gasteiger partial charge in [0.1, 0.15) is 23.7 Å². The minimum atomic E-state index is -0.662. The molecule has 0 atom stereocenters. The Morgan fingerprint density at radius 3 is 2.87 bits per heavy atom. The van der Waals surface area contributed by atoms with Gasteiger partial charge in [-0.1, -0.05) is 6.07 Å². The predicted octanol–water partition coefficient (Wildman–Crippen LogP) is 4.61. The second-order valence-corrected chi connectivity index (χ2v) is 7.47. The topological polar surface area (TPSA) is 71.9 Å². The Morgan fingerprint density at radius 1 is 1.17 bits per heavy atom. The number of benzene rings is 2. The SMILES string of the molecule is Cc1cc2c(cc1F)CCN2c1ncnc2ccc(-c3cncc(C(=O)Cl)n3)cc12. The highest BCUT2D eigenvalue weighted by Crippen LogP contribution is 2.38. The van der Waals surface area contributed by atoms with E-state index in [0.717, 1.165) is 40.0 Å². The van der Waals surface area contributed by atoms with Crippen molar-refractivity contribution in [1.29, 1.82) is 0 Å². The highest BCUT2D eigenvalue weighted by atomic mass is 35.5. The monoisotopic (exact) mass is 419 g/mol. The van der Waals surface area contributed by atoms with Crippen LogP contribution in [0.25, 0.3) is 22.2 Å². The maximum Gasteiger partial charge on any atom is 0.272 e. The average Bonchev–Trinajstić information content (AvgIpc) is 3.15. The smallest absolute Gasteiger partial charge is 0.272 e. The number of rotatable bonds is 3. The lowest BCUT2D eigenvalue weighted by atomic mass is 10.1. The zero-order chi connectivity index (χ0) is 20.8. The number of halogens is 2. The number of hydrogen-bond donors (Lipinski definition) is 0. The normalized spacial score (nSPS) is 13.0. The van der Waals surface area contributed by atoms with Crippen molar-refractivity contribution in [1.82, 2.24) is 19.9 Å². The number of carbonyl (C=O) groups is 1. The van der Waals surface area contributed by atoms with Crippen LogP contribution < -0.4 is 4.90 Å². The lowest BCUT2D eigenvalue weighted by Gasteiger charge is -2.20. The van der Waals surface area contributed by atoms with Crippen molar-refractivity contribution < 1.29 is 9.18 Å². The molecule has 2 aromatic heterocycles. The van der Waals surface area contributed by atoms with Crippen molar-refractivity contribution in [2.45, 2.75) is 13.3 Å². The van der Waals surface area contributed by atoms with E-state index in [1.807, 2.05) is 24.3 Å². The van der Waals surface area contributed by atoms with Crippen molar-refractivity contribution in [3.05, 3.63) is 71.7 Å². The van der Waals surface area contributed by atoms with E-state index in [2.05, 4.69) is 24.8 Å². The molecule has 0 spiro atoms. The molecule has 0 unspecified atom stereocenters. The van der Waals surface area contributed by atoms with Crippen molar-refractivity contribution in [2.24, 2.45) is 0 Å². The summed E-state index contributed by atoms with van der Waals surface area (Å²) in [4.78, 5) is 30.8. The van der Waals surface area contributed by atoms with Gasteiger partial charge in [-0.2, -0.15) is 0 Å². The van der Waals surface area contributed by atoms with Crippen LogP contribution in [-0.4, -0.2) is 31.7 Å². The molecular formula is C22H15ClFN5O. The second kappa shape index (κ2) is 7.11. The molecule has 148 valence electrons. The molecule has 0 saturated carbocycles. The average molecular weight is 420 g/mol. The Morgan fingerprint density at radius 2 is 2.03 bits per heavy atom. The van der Waals surface area contributed by atoms with Crippen LogP contribution in [0.5, 0.6) is 0 Å². The first-order valence-electron chi connectivity index (χ1n) is 9.35. The van der Waals surface area contributed by atoms with E-state index < -0.39 is 5.24 Å². The van der Waals surface area contributed by atoms with E-state index in [9.17, 15) is 9.18 Å². The number of aromatic nitrogens is 4. The first-order valence-corrected chi connectivity index (χ1v) is 9.72. The molecule has 0 aliphatic carbocycles. The molecule has 1 aliphatic rings. The van der Waals surface area contributed by atoms with E-state index in [1.165, 1.54) is 12.5 Å². The van der Waals surface area contributed by atoms with Crippen molar-refractivity contribution in [3.63, 3.8) is 0 Å². The van der Waals surface area contributed by atoms with Gasteiger partial charge in [-0.3, -0.25) is 9.78 Å². The lowest BCUT2D eigenvalue weighted by Crippen LogP contribution is -2.15. The zero-order valence-corrected chi connectivity index (χ0v) is 16.7. The molecular weight excluding hydrogens is 405 g/mol. The van der Waals surface area contributed by atoms with Crippen molar-refractivity contribution in [2.75, 3.05) is 11.4 Å². The van der Waals surface area contributed by atoms with Crippen molar-refractivity contribution >= 4 is 39.3 Å². The Bertz CT molecular complexity index is 1330. The Kier molecular flexibility index (Phi) is 4.40. The fourth-order valence-corrected chi connectivity index (χ4v) is 3.84. The summed E-state index contributed by atoms with van der Waals surface area (Å²) in [5, 5.41) is 0.166. The van der Waals surface area contributed by atoms with E-state index in [1.54, 1.807) is 19.2 Å². The fourth-order valence-electron chi connectivity index (χ4n) is 3.75. The summed E-state index contributed by atoms with van der Waals surface area (Å²) in [5.41, 5.74) is 4.66. The molecule has 0 saturated heterocycles. The van der Waals surface area contributed by atoms with Crippen LogP contribution >= 0.6 is 11.6 Å². The molecule has 0 N–H and O–H groups in total. The second-order valence-electron chi connectivity index (χ2n) is 7.12. The van der Waals surface area contributed by atoms with Crippen LogP contribution in [0, 0.1) is 12.7 Å². The van der Waals surface area contributed by atoms with Crippen LogP contribution in [0.15, 0.2) is 49.1 Å². The van der Waals surface area contributed by atoms with Gasteiger partial charge in [0.15, 0.2) is 0 Å². The number of aryl methyl sites for hydroxylation is 1. The number of carbonyl (C=O) groups excluding carboxylic acids is 1. The quantitative estimate of drug-likeness (QED) is 0.452. The predicted molar refractivity (Wildman–Crippen MR) is 113 cm³/mol. The molecule has 4 aromatic rings. The molecule has 0 amide bonds. The third-order valence-electron chi connectivity index (χ3n) is 5.26. The summed E-state index contributed by atoms with van der Waals surface area (Å²) >= 11 is 5.55. The highest BCUT2D eigenvalue weighted by molar-refractivity contribution is 6.67. The van der Waals surface area contributed by atoms with Gasteiger partial charge in [-0.15, -0.1) is 0 Å². The minimum absolute atomic E-state index is 0.0878. The van der Waals surface area contributed by atoms with E-state index in [-0.39, 0.29) is 11.5 Å². The molecule has 3 heterocycles. The van der Waals surface area contributed by atoms with Crippen LogP contribution in [0.2, 0.25) is 0 Å². The first kappa shape index (κ1) is 18.6. The maximum absolute atomic E-state index is 14.0. The zero-order valence-electron chi connectivity index (χ0n) is 15.9. The largest absolute Gasteiger partial charge is 0.325 e. The third-order valence-corrected chi connectivity index (χ3v) is 5.45. The molecule has 30 heavy (non-hydrogen) atoms. The molecule has 0 fully saturated rings. The molecule has 2 aromatic carbocycles. The van der Waals surface area contributed by atoms with Crippen LogP contribution in [0.3, 0.4) is 0 Å². The third kappa shape index (κ3) is 3.07. The van der Waals surface area contributed by atoms with Gasteiger partial charge in [0.05, 0.1) is 23.6 Å². The number of hydrogen-bond acceptors (Lipinski definition) is 6. The molecule has 1 aliphatic heterocycles. The molecule has 0 bridgehead atoms. The summed E-state index contributed by atoms with van der Waals surface area (Å²) in [5.74, 6) is 0.543. The summed E-state index contributed by atoms with van der Waals surface area (Å²) in [7, 11) is 0. The highest BCUT2D eigenvalue weighted by Gasteiger charge is 2.24. The maximum atomic E-state index is 14.0. The lowest BCUT2D eigenvalue weighted by molar-refractivity contribution is 0.107. The minimum Gasteiger partial charge on any atom is -0.325 e. The van der Waals surface area contributed by atoms with Gasteiger partial charge in [0.25, 0.3) is 5.24 Å². The molecule has 5 rings (SSSR count). The molecule has 6 nitrogen and oxygen atoms in total. The number of fused-ring (bicyclic) bond motifs is 2. The number of nitrogens with zero attached hydrogens (tertiary/aromatic N) is 5. The van der Waals surface area contributed by atoms with Gasteiger partial charge in [-0.05, 0) is 60.3 Å². The first-order chi connectivity index (χ1) is 14.5. The van der Waals surface area contributed by atoms with Gasteiger partial charge in [-0.25, -0.2) is 19.3 Å². The summed E-state index contributed by atoms with van der Waals surface area (Å²) in [6.07, 6.45) is 5.17. The summed E-state index contributed by atoms with van der Waals surface area (Å²) in [6.45, 7) is 2.46. The van der Waals surface area contributed by atoms with E-state index in [0.29, 0.717) is 17.8 Å². The molecule has 0 radical (unpaired) electrons. The van der Waals surface area contributed by atoms with Gasteiger partial charge in [0, 0.05) is 23.2 Å². The summed E-state index contributed by atoms with van der Waals surface area (Å²) < 4.78 is 14.0. The number of anilines is 2. The Labute approximate surface area is 176 Å². The van der Waals surface area contributed by atoms with Crippen LogP contribution in [-0.2, 0) is 6.42 Å². The Balaban J connectivity index is 1.65. The van der Waals surface area contributed by atoms with Gasteiger partial charge < -0.3 is 4.90 Å². The van der Waals surface area contributed by atoms with Crippen LogP contribution in [0.1, 0.15) is 21.6 Å². The van der Waals surface area contributed by atoms with Gasteiger partial charge >= 0.3 is 0 Å². The summed E-state index contributed by atoms with van der Waals surface area (Å²) in [6, 6.07) is 9.12. The van der Waals surface area contributed by atoms with Crippen molar-refractivity contribution in [3.8, 4) is 11.3 Å². The van der Waals surface area contributed by atoms with E-state index in [4.69, 9.17) is 11.6 Å². The van der Waals surface area contributed by atoms with E-state index >= 15 is 0 Å². The van der Waals surface area contributed by atoms with Gasteiger partial charge in [0.2, 0.25) is 0 Å². The Hall–Kier alpha value is -3.45.